The molecule has 0 spiro atoms. The van der Waals surface area contributed by atoms with Crippen molar-refractivity contribution in [2.75, 3.05) is 13.2 Å². The Morgan fingerprint density at radius 1 is 1.30 bits per heavy atom. The lowest BCUT2D eigenvalue weighted by Crippen LogP contribution is -2.29. The number of hydrazone groups is 1. The van der Waals surface area contributed by atoms with Crippen molar-refractivity contribution in [1.82, 2.24) is 10.7 Å². The Labute approximate surface area is 174 Å². The highest BCUT2D eigenvalue weighted by molar-refractivity contribution is 5.94. The number of halogens is 1. The SMILES string of the molecule is C=CCc1cc(/C=N/NC(=O)CCNC(=O)c2ccccc2F)cc(OCC)c1O. The van der Waals surface area contributed by atoms with Crippen LogP contribution in [0.25, 0.3) is 0 Å². The van der Waals surface area contributed by atoms with Crippen molar-refractivity contribution < 1.29 is 23.8 Å². The molecule has 2 rings (SSSR count). The number of allylic oxidation sites excluding steroid dienone is 1. The molecule has 0 atom stereocenters. The molecule has 2 amide bonds. The average molecular weight is 413 g/mol. The number of carbonyl (C=O) groups is 2. The third kappa shape index (κ3) is 6.44. The van der Waals surface area contributed by atoms with E-state index < -0.39 is 17.6 Å². The second-order valence-electron chi connectivity index (χ2n) is 6.23. The lowest BCUT2D eigenvalue weighted by atomic mass is 10.1. The summed E-state index contributed by atoms with van der Waals surface area (Å²) in [6, 6.07) is 8.92. The van der Waals surface area contributed by atoms with Gasteiger partial charge in [-0.05, 0) is 43.2 Å². The first-order valence-electron chi connectivity index (χ1n) is 9.40. The van der Waals surface area contributed by atoms with Crippen LogP contribution >= 0.6 is 0 Å². The molecule has 0 aliphatic carbocycles. The fourth-order valence-electron chi connectivity index (χ4n) is 2.61. The molecule has 0 saturated heterocycles. The van der Waals surface area contributed by atoms with Gasteiger partial charge in [0.15, 0.2) is 11.5 Å². The Morgan fingerprint density at radius 3 is 2.77 bits per heavy atom. The summed E-state index contributed by atoms with van der Waals surface area (Å²) in [6.07, 6.45) is 3.49. The van der Waals surface area contributed by atoms with Gasteiger partial charge in [0.1, 0.15) is 5.82 Å². The van der Waals surface area contributed by atoms with Crippen molar-refractivity contribution in [2.24, 2.45) is 5.10 Å². The van der Waals surface area contributed by atoms with Crippen LogP contribution in [0.4, 0.5) is 4.39 Å². The summed E-state index contributed by atoms with van der Waals surface area (Å²) in [5.41, 5.74) is 3.53. The van der Waals surface area contributed by atoms with Crippen molar-refractivity contribution in [3.63, 3.8) is 0 Å². The molecule has 8 heteroatoms. The van der Waals surface area contributed by atoms with E-state index in [4.69, 9.17) is 4.74 Å². The number of hydrogen-bond donors (Lipinski definition) is 3. The maximum absolute atomic E-state index is 13.5. The first kappa shape index (κ1) is 22.6. The second-order valence-corrected chi connectivity index (χ2v) is 6.23. The molecule has 0 fully saturated rings. The quantitative estimate of drug-likeness (QED) is 0.317. The second kappa shape index (κ2) is 11.4. The summed E-state index contributed by atoms with van der Waals surface area (Å²) < 4.78 is 19.0. The largest absolute Gasteiger partial charge is 0.504 e. The topological polar surface area (TPSA) is 100 Å². The van der Waals surface area contributed by atoms with Gasteiger partial charge in [-0.1, -0.05) is 18.2 Å². The molecule has 0 aliphatic rings. The molecular formula is C22H24FN3O4. The van der Waals surface area contributed by atoms with Crippen LogP contribution in [-0.4, -0.2) is 36.3 Å². The molecule has 0 radical (unpaired) electrons. The molecule has 0 aromatic heterocycles. The van der Waals surface area contributed by atoms with Gasteiger partial charge >= 0.3 is 0 Å². The number of phenols is 1. The molecule has 0 bridgehead atoms. The summed E-state index contributed by atoms with van der Waals surface area (Å²) in [7, 11) is 0. The minimum Gasteiger partial charge on any atom is -0.504 e. The number of aromatic hydroxyl groups is 1. The van der Waals surface area contributed by atoms with Gasteiger partial charge in [-0.15, -0.1) is 6.58 Å². The van der Waals surface area contributed by atoms with Crippen LogP contribution in [-0.2, 0) is 11.2 Å². The predicted molar refractivity (Wildman–Crippen MR) is 112 cm³/mol. The highest BCUT2D eigenvalue weighted by atomic mass is 19.1. The van der Waals surface area contributed by atoms with Crippen LogP contribution in [0.3, 0.4) is 0 Å². The van der Waals surface area contributed by atoms with Crippen LogP contribution in [0, 0.1) is 5.82 Å². The van der Waals surface area contributed by atoms with Gasteiger partial charge in [0.05, 0.1) is 18.4 Å². The van der Waals surface area contributed by atoms with Gasteiger partial charge in [-0.2, -0.15) is 5.10 Å². The Morgan fingerprint density at radius 2 is 2.07 bits per heavy atom. The van der Waals surface area contributed by atoms with E-state index in [0.29, 0.717) is 29.9 Å². The molecular weight excluding hydrogens is 389 g/mol. The number of carbonyl (C=O) groups excluding carboxylic acids is 2. The minimum atomic E-state index is -0.625. The van der Waals surface area contributed by atoms with E-state index >= 15 is 0 Å². The summed E-state index contributed by atoms with van der Waals surface area (Å²) >= 11 is 0. The molecule has 30 heavy (non-hydrogen) atoms. The van der Waals surface area contributed by atoms with E-state index in [0.717, 1.165) is 0 Å². The van der Waals surface area contributed by atoms with E-state index in [9.17, 15) is 19.1 Å². The Balaban J connectivity index is 1.89. The van der Waals surface area contributed by atoms with Crippen LogP contribution in [0.1, 0.15) is 34.8 Å². The molecule has 0 heterocycles. The molecule has 0 aliphatic heterocycles. The molecule has 3 N–H and O–H groups in total. The molecule has 2 aromatic rings. The van der Waals surface area contributed by atoms with Crippen LogP contribution < -0.4 is 15.5 Å². The van der Waals surface area contributed by atoms with Crippen molar-refractivity contribution in [1.29, 1.82) is 0 Å². The van der Waals surface area contributed by atoms with E-state index in [1.54, 1.807) is 31.2 Å². The van der Waals surface area contributed by atoms with Crippen molar-refractivity contribution in [3.05, 3.63) is 71.6 Å². The summed E-state index contributed by atoms with van der Waals surface area (Å²) in [4.78, 5) is 23.8. The number of benzene rings is 2. The number of hydrogen-bond acceptors (Lipinski definition) is 5. The van der Waals surface area contributed by atoms with Gasteiger partial charge in [0.2, 0.25) is 5.91 Å². The Hall–Kier alpha value is -3.68. The van der Waals surface area contributed by atoms with Crippen LogP contribution in [0.2, 0.25) is 0 Å². The van der Waals surface area contributed by atoms with Gasteiger partial charge in [0.25, 0.3) is 5.91 Å². The standard InChI is InChI=1S/C22H24FN3O4/c1-3-7-16-12-15(13-19(21(16)28)30-4-2)14-25-26-20(27)10-11-24-22(29)17-8-5-6-9-18(17)23/h3,5-6,8-9,12-14,28H,1,4,7,10-11H2,2H3,(H,24,29)(H,26,27)/b25-14+. The van der Waals surface area contributed by atoms with Crippen LogP contribution in [0.5, 0.6) is 11.5 Å². The number of nitrogens with zero attached hydrogens (tertiary/aromatic N) is 1. The zero-order valence-corrected chi connectivity index (χ0v) is 16.7. The average Bonchev–Trinajstić information content (AvgIpc) is 2.72. The van der Waals surface area contributed by atoms with Gasteiger partial charge in [0, 0.05) is 18.5 Å². The molecule has 0 saturated carbocycles. The normalized spacial score (nSPS) is 10.6. The first-order valence-corrected chi connectivity index (χ1v) is 9.40. The van der Waals surface area contributed by atoms with Crippen LogP contribution in [0.15, 0.2) is 54.2 Å². The Bertz CT molecular complexity index is 944. The molecule has 2 aromatic carbocycles. The minimum absolute atomic E-state index is 0.0287. The number of nitrogens with one attached hydrogen (secondary N) is 2. The molecule has 0 unspecified atom stereocenters. The number of amides is 2. The molecule has 158 valence electrons. The third-order valence-corrected chi connectivity index (χ3v) is 4.00. The Kier molecular flexibility index (Phi) is 8.56. The smallest absolute Gasteiger partial charge is 0.254 e. The maximum Gasteiger partial charge on any atom is 0.254 e. The van der Waals surface area contributed by atoms with Gasteiger partial charge in [-0.25, -0.2) is 9.82 Å². The number of rotatable bonds is 10. The predicted octanol–water partition coefficient (Wildman–Crippen LogP) is 2.93. The lowest BCUT2D eigenvalue weighted by molar-refractivity contribution is -0.120. The van der Waals surface area contributed by atoms with E-state index in [-0.39, 0.29) is 24.3 Å². The van der Waals surface area contributed by atoms with Gasteiger partial charge < -0.3 is 15.2 Å². The molecule has 7 nitrogen and oxygen atoms in total. The third-order valence-electron chi connectivity index (χ3n) is 4.00. The van der Waals surface area contributed by atoms with E-state index in [2.05, 4.69) is 22.4 Å². The zero-order valence-electron chi connectivity index (χ0n) is 16.7. The van der Waals surface area contributed by atoms with Crippen molar-refractivity contribution in [3.8, 4) is 11.5 Å². The number of phenolic OH excluding ortho intramolecular Hbond substituents is 1. The summed E-state index contributed by atoms with van der Waals surface area (Å²) in [5, 5.41) is 16.6. The first-order chi connectivity index (χ1) is 14.5. The van der Waals surface area contributed by atoms with Gasteiger partial charge in [-0.3, -0.25) is 9.59 Å². The lowest BCUT2D eigenvalue weighted by Gasteiger charge is -2.10. The van der Waals surface area contributed by atoms with E-state index in [1.165, 1.54) is 24.4 Å². The fourth-order valence-corrected chi connectivity index (χ4v) is 2.61. The van der Waals surface area contributed by atoms with Crippen molar-refractivity contribution >= 4 is 18.0 Å². The highest BCUT2D eigenvalue weighted by Crippen LogP contribution is 2.31. The summed E-state index contributed by atoms with van der Waals surface area (Å²) in [5.74, 6) is -1.27. The fraction of sp³-hybridized carbons (Fsp3) is 0.227. The monoisotopic (exact) mass is 413 g/mol. The van der Waals surface area contributed by atoms with Crippen molar-refractivity contribution in [2.45, 2.75) is 19.8 Å². The highest BCUT2D eigenvalue weighted by Gasteiger charge is 2.11. The number of ether oxygens (including phenoxy) is 1. The zero-order chi connectivity index (χ0) is 21.9. The summed E-state index contributed by atoms with van der Waals surface area (Å²) in [6.45, 7) is 5.88. The van der Waals surface area contributed by atoms with E-state index in [1.807, 2.05) is 0 Å². The maximum atomic E-state index is 13.5.